The van der Waals surface area contributed by atoms with E-state index < -0.39 is 0 Å². The molecule has 0 unspecified atom stereocenters. The maximum Gasteiger partial charge on any atom is 0.0229 e. The van der Waals surface area contributed by atoms with E-state index in [1.54, 1.807) is 0 Å². The topological polar surface area (TPSA) is 0 Å². The third kappa shape index (κ3) is 4.38. The monoisotopic (exact) mass is 206 g/mol. The van der Waals surface area contributed by atoms with Gasteiger partial charge in [-0.15, -0.1) is 11.8 Å². The van der Waals surface area contributed by atoms with Crippen LogP contribution in [0.25, 0.3) is 0 Å². The SMILES string of the molecule is C=C(C)SCCSC1CSC1. The van der Waals surface area contributed by atoms with E-state index in [0.29, 0.717) is 0 Å². The first-order valence-electron chi connectivity index (χ1n) is 3.76. The van der Waals surface area contributed by atoms with Crippen molar-refractivity contribution in [1.82, 2.24) is 0 Å². The van der Waals surface area contributed by atoms with Crippen LogP contribution in [0, 0.1) is 0 Å². The predicted molar refractivity (Wildman–Crippen MR) is 60.8 cm³/mol. The summed E-state index contributed by atoms with van der Waals surface area (Å²) in [6, 6.07) is 0. The molecule has 11 heavy (non-hydrogen) atoms. The summed E-state index contributed by atoms with van der Waals surface area (Å²) in [6.45, 7) is 5.93. The lowest BCUT2D eigenvalue weighted by molar-refractivity contribution is 1.08. The van der Waals surface area contributed by atoms with Crippen molar-refractivity contribution in [2.75, 3.05) is 23.0 Å². The highest BCUT2D eigenvalue weighted by atomic mass is 32.2. The van der Waals surface area contributed by atoms with Gasteiger partial charge in [-0.3, -0.25) is 0 Å². The minimum absolute atomic E-state index is 0.964. The van der Waals surface area contributed by atoms with Gasteiger partial charge in [0.25, 0.3) is 0 Å². The Morgan fingerprint density at radius 3 is 2.73 bits per heavy atom. The Bertz CT molecular complexity index is 129. The molecular weight excluding hydrogens is 192 g/mol. The molecule has 0 bridgehead atoms. The van der Waals surface area contributed by atoms with Gasteiger partial charge in [-0.1, -0.05) is 6.58 Å². The number of hydrogen-bond donors (Lipinski definition) is 0. The molecule has 0 N–H and O–H groups in total. The summed E-state index contributed by atoms with van der Waals surface area (Å²) in [6.07, 6.45) is 0. The molecule has 0 aromatic rings. The molecule has 0 spiro atoms. The van der Waals surface area contributed by atoms with Crippen LogP contribution in [0.2, 0.25) is 0 Å². The van der Waals surface area contributed by atoms with Crippen LogP contribution in [-0.2, 0) is 0 Å². The van der Waals surface area contributed by atoms with Crippen molar-refractivity contribution in [3.05, 3.63) is 11.5 Å². The van der Waals surface area contributed by atoms with E-state index in [0.717, 1.165) is 5.25 Å². The summed E-state index contributed by atoms with van der Waals surface area (Å²) in [5.74, 6) is 5.29. The van der Waals surface area contributed by atoms with Crippen molar-refractivity contribution in [2.45, 2.75) is 12.2 Å². The molecule has 0 aliphatic carbocycles. The average Bonchev–Trinajstić information content (AvgIpc) is 1.82. The zero-order chi connectivity index (χ0) is 8.10. The summed E-state index contributed by atoms with van der Waals surface area (Å²) in [4.78, 5) is 1.24. The first-order valence-corrected chi connectivity index (χ1v) is 6.95. The molecule has 1 heterocycles. The summed E-state index contributed by atoms with van der Waals surface area (Å²) in [7, 11) is 0. The van der Waals surface area contributed by atoms with Gasteiger partial charge in [-0.2, -0.15) is 23.5 Å². The molecule has 1 aliphatic rings. The molecule has 0 nitrogen and oxygen atoms in total. The number of thioether (sulfide) groups is 3. The molecule has 0 atom stereocenters. The van der Waals surface area contributed by atoms with E-state index in [4.69, 9.17) is 0 Å². The predicted octanol–water partition coefficient (Wildman–Crippen LogP) is 3.10. The van der Waals surface area contributed by atoms with Gasteiger partial charge in [0.05, 0.1) is 0 Å². The van der Waals surface area contributed by atoms with Crippen molar-refractivity contribution >= 4 is 35.3 Å². The van der Waals surface area contributed by atoms with Crippen molar-refractivity contribution in [3.63, 3.8) is 0 Å². The lowest BCUT2D eigenvalue weighted by Gasteiger charge is -2.23. The van der Waals surface area contributed by atoms with E-state index >= 15 is 0 Å². The fourth-order valence-corrected chi connectivity index (χ4v) is 3.92. The standard InChI is InChI=1S/C8H14S3/c1-7(2)10-3-4-11-8-5-9-6-8/h8H,1,3-6H2,2H3. The lowest BCUT2D eigenvalue weighted by Crippen LogP contribution is -2.21. The summed E-state index contributed by atoms with van der Waals surface area (Å²) in [5, 5.41) is 0.964. The molecular formula is C8H14S3. The molecule has 0 amide bonds. The highest BCUT2D eigenvalue weighted by Crippen LogP contribution is 2.29. The summed E-state index contributed by atoms with van der Waals surface area (Å²) >= 11 is 6.07. The zero-order valence-electron chi connectivity index (χ0n) is 6.84. The Morgan fingerprint density at radius 1 is 1.55 bits per heavy atom. The molecule has 0 saturated carbocycles. The van der Waals surface area contributed by atoms with Crippen LogP contribution in [0.1, 0.15) is 6.92 Å². The fourth-order valence-electron chi connectivity index (χ4n) is 0.741. The van der Waals surface area contributed by atoms with Crippen molar-refractivity contribution in [1.29, 1.82) is 0 Å². The zero-order valence-corrected chi connectivity index (χ0v) is 9.29. The van der Waals surface area contributed by atoms with E-state index in [2.05, 4.69) is 37.0 Å². The van der Waals surface area contributed by atoms with Gasteiger partial charge < -0.3 is 0 Å². The summed E-state index contributed by atoms with van der Waals surface area (Å²) < 4.78 is 0. The molecule has 0 aromatic heterocycles. The molecule has 0 radical (unpaired) electrons. The van der Waals surface area contributed by atoms with E-state index in [-0.39, 0.29) is 0 Å². The minimum Gasteiger partial charge on any atom is -0.160 e. The third-order valence-electron chi connectivity index (χ3n) is 1.39. The quantitative estimate of drug-likeness (QED) is 0.634. The Balaban J connectivity index is 1.83. The number of allylic oxidation sites excluding steroid dienone is 1. The van der Waals surface area contributed by atoms with Gasteiger partial charge in [0.1, 0.15) is 0 Å². The van der Waals surface area contributed by atoms with Gasteiger partial charge >= 0.3 is 0 Å². The molecule has 1 rings (SSSR count). The van der Waals surface area contributed by atoms with Crippen LogP contribution in [0.3, 0.4) is 0 Å². The van der Waals surface area contributed by atoms with Gasteiger partial charge in [-0.05, 0) is 11.8 Å². The van der Waals surface area contributed by atoms with Crippen molar-refractivity contribution in [3.8, 4) is 0 Å². The molecule has 64 valence electrons. The molecule has 1 aliphatic heterocycles. The second-order valence-corrected chi connectivity index (χ2v) is 6.46. The molecule has 0 aromatic carbocycles. The van der Waals surface area contributed by atoms with E-state index in [1.807, 2.05) is 11.8 Å². The van der Waals surface area contributed by atoms with Crippen LogP contribution in [0.4, 0.5) is 0 Å². The Morgan fingerprint density at radius 2 is 2.27 bits per heavy atom. The lowest BCUT2D eigenvalue weighted by atomic mass is 10.5. The van der Waals surface area contributed by atoms with E-state index in [1.165, 1.54) is 27.9 Å². The number of hydrogen-bond acceptors (Lipinski definition) is 3. The van der Waals surface area contributed by atoms with Gasteiger partial charge in [-0.25, -0.2) is 0 Å². The van der Waals surface area contributed by atoms with Crippen LogP contribution in [0.5, 0.6) is 0 Å². The highest BCUT2D eigenvalue weighted by molar-refractivity contribution is 8.08. The van der Waals surface area contributed by atoms with Crippen molar-refractivity contribution in [2.24, 2.45) is 0 Å². The van der Waals surface area contributed by atoms with Gasteiger partial charge in [0, 0.05) is 28.3 Å². The highest BCUT2D eigenvalue weighted by Gasteiger charge is 2.17. The van der Waals surface area contributed by atoms with Crippen LogP contribution >= 0.6 is 35.3 Å². The Labute approximate surface area is 82.0 Å². The maximum absolute atomic E-state index is 3.86. The van der Waals surface area contributed by atoms with Gasteiger partial charge in [0.15, 0.2) is 0 Å². The second kappa shape index (κ2) is 5.44. The molecule has 1 saturated heterocycles. The first kappa shape index (κ1) is 9.87. The van der Waals surface area contributed by atoms with Crippen LogP contribution in [-0.4, -0.2) is 28.3 Å². The third-order valence-corrected chi connectivity index (χ3v) is 5.50. The first-order chi connectivity index (χ1) is 5.29. The maximum atomic E-state index is 3.86. The Kier molecular flexibility index (Phi) is 4.88. The van der Waals surface area contributed by atoms with Crippen LogP contribution < -0.4 is 0 Å². The largest absolute Gasteiger partial charge is 0.160 e. The molecule has 3 heteroatoms. The second-order valence-electron chi connectivity index (χ2n) is 2.58. The number of rotatable bonds is 5. The minimum atomic E-state index is 0.964. The van der Waals surface area contributed by atoms with Crippen molar-refractivity contribution < 1.29 is 0 Å². The fraction of sp³-hybridized carbons (Fsp3) is 0.750. The Hall–Kier alpha value is 0.790. The van der Waals surface area contributed by atoms with E-state index in [9.17, 15) is 0 Å². The van der Waals surface area contributed by atoms with Gasteiger partial charge in [0.2, 0.25) is 0 Å². The van der Waals surface area contributed by atoms with Crippen LogP contribution in [0.15, 0.2) is 11.5 Å². The smallest absolute Gasteiger partial charge is 0.0229 e. The summed E-state index contributed by atoms with van der Waals surface area (Å²) in [5.41, 5.74) is 0. The molecule has 1 fully saturated rings. The average molecular weight is 206 g/mol. The normalized spacial score (nSPS) is 17.9.